The van der Waals surface area contributed by atoms with Gasteiger partial charge in [-0.1, -0.05) is 0 Å². The van der Waals surface area contributed by atoms with Crippen molar-refractivity contribution in [3.8, 4) is 0 Å². The second-order valence-electron chi connectivity index (χ2n) is 4.01. The van der Waals surface area contributed by atoms with E-state index in [1.165, 1.54) is 0 Å². The number of β-amino-alcohol motifs (C(OH)–C–C–N with tert-alkyl or cyclic N) is 1. The van der Waals surface area contributed by atoms with E-state index in [1.54, 1.807) is 0 Å². The number of nitrogens with one attached hydrogen (secondary N) is 1. The van der Waals surface area contributed by atoms with Gasteiger partial charge < -0.3 is 10.4 Å². The van der Waals surface area contributed by atoms with Crippen molar-refractivity contribution in [1.82, 2.24) is 10.2 Å². The monoisotopic (exact) mass is 184 g/mol. The van der Waals surface area contributed by atoms with Crippen LogP contribution in [-0.2, 0) is 4.79 Å². The number of aliphatic hydroxyl groups excluding tert-OH is 1. The van der Waals surface area contributed by atoms with E-state index in [2.05, 4.69) is 10.2 Å². The molecule has 74 valence electrons. The fraction of sp³-hybridized carbons (Fsp3) is 0.889. The number of likely N-dealkylation sites (tertiary alicyclic amines) is 1. The van der Waals surface area contributed by atoms with Gasteiger partial charge in [0.05, 0.1) is 6.10 Å². The average Bonchev–Trinajstić information content (AvgIpc) is 2.79. The summed E-state index contributed by atoms with van der Waals surface area (Å²) >= 11 is 0. The zero-order valence-electron chi connectivity index (χ0n) is 7.70. The summed E-state index contributed by atoms with van der Waals surface area (Å²) in [5, 5.41) is 11.9. The van der Waals surface area contributed by atoms with E-state index in [9.17, 15) is 4.79 Å². The molecule has 0 aromatic carbocycles. The average molecular weight is 184 g/mol. The van der Waals surface area contributed by atoms with Crippen molar-refractivity contribution in [3.05, 3.63) is 0 Å². The quantitative estimate of drug-likeness (QED) is 0.609. The zero-order chi connectivity index (χ0) is 9.26. The molecule has 2 aliphatic rings. The number of carbonyl (C=O) groups is 1. The van der Waals surface area contributed by atoms with Crippen LogP contribution in [0, 0.1) is 0 Å². The van der Waals surface area contributed by atoms with Crippen molar-refractivity contribution in [2.75, 3.05) is 19.6 Å². The summed E-state index contributed by atoms with van der Waals surface area (Å²) in [5.74, 6) is 0.156. The van der Waals surface area contributed by atoms with E-state index in [0.717, 1.165) is 32.5 Å². The molecule has 1 aliphatic carbocycles. The standard InChI is InChI=1S/C9H16N2O2/c12-8-5-11(6-8)4-3-9(13)10-7-1-2-7/h7-8,12H,1-6H2,(H,10,13). The van der Waals surface area contributed by atoms with Gasteiger partial charge in [-0.05, 0) is 12.8 Å². The van der Waals surface area contributed by atoms with Crippen LogP contribution in [0.1, 0.15) is 19.3 Å². The van der Waals surface area contributed by atoms with Gasteiger partial charge in [-0.25, -0.2) is 0 Å². The summed E-state index contributed by atoms with van der Waals surface area (Å²) in [6.45, 7) is 2.25. The van der Waals surface area contributed by atoms with Gasteiger partial charge in [-0.3, -0.25) is 9.69 Å². The molecular formula is C9H16N2O2. The molecule has 4 nitrogen and oxygen atoms in total. The highest BCUT2D eigenvalue weighted by molar-refractivity contribution is 5.76. The highest BCUT2D eigenvalue weighted by Gasteiger charge is 2.26. The molecule has 0 bridgehead atoms. The lowest BCUT2D eigenvalue weighted by Crippen LogP contribution is -2.51. The Kier molecular flexibility index (Phi) is 2.51. The van der Waals surface area contributed by atoms with Crippen LogP contribution in [0.2, 0.25) is 0 Å². The molecule has 1 saturated heterocycles. The molecule has 0 atom stereocenters. The molecule has 4 heteroatoms. The summed E-state index contributed by atoms with van der Waals surface area (Å²) in [6.07, 6.45) is 2.71. The predicted octanol–water partition coefficient (Wildman–Crippen LogP) is -0.668. The van der Waals surface area contributed by atoms with E-state index < -0.39 is 0 Å². The Hall–Kier alpha value is -0.610. The molecule has 0 radical (unpaired) electrons. The van der Waals surface area contributed by atoms with Crippen molar-refractivity contribution in [2.24, 2.45) is 0 Å². The number of hydrogen-bond acceptors (Lipinski definition) is 3. The lowest BCUT2D eigenvalue weighted by molar-refractivity contribution is -0.122. The van der Waals surface area contributed by atoms with Crippen LogP contribution in [0.4, 0.5) is 0 Å². The molecule has 0 aromatic rings. The lowest BCUT2D eigenvalue weighted by Gasteiger charge is -2.35. The van der Waals surface area contributed by atoms with E-state index in [-0.39, 0.29) is 12.0 Å². The third kappa shape index (κ3) is 2.67. The maximum Gasteiger partial charge on any atom is 0.221 e. The van der Waals surface area contributed by atoms with Crippen molar-refractivity contribution in [2.45, 2.75) is 31.4 Å². The normalized spacial score (nSPS) is 24.1. The fourth-order valence-corrected chi connectivity index (χ4v) is 1.51. The van der Waals surface area contributed by atoms with Gasteiger partial charge in [0.2, 0.25) is 5.91 Å². The predicted molar refractivity (Wildman–Crippen MR) is 48.2 cm³/mol. The minimum absolute atomic E-state index is 0.156. The minimum Gasteiger partial charge on any atom is -0.390 e. The second kappa shape index (κ2) is 3.64. The van der Waals surface area contributed by atoms with Crippen LogP contribution in [0.5, 0.6) is 0 Å². The van der Waals surface area contributed by atoms with Crippen LogP contribution in [0.25, 0.3) is 0 Å². The van der Waals surface area contributed by atoms with Gasteiger partial charge in [0.1, 0.15) is 0 Å². The first-order chi connectivity index (χ1) is 6.24. The maximum atomic E-state index is 11.2. The molecule has 1 saturated carbocycles. The Bertz CT molecular complexity index is 198. The second-order valence-corrected chi connectivity index (χ2v) is 4.01. The van der Waals surface area contributed by atoms with Crippen LogP contribution in [0.15, 0.2) is 0 Å². The fourth-order valence-electron chi connectivity index (χ4n) is 1.51. The van der Waals surface area contributed by atoms with Crippen molar-refractivity contribution >= 4 is 5.91 Å². The van der Waals surface area contributed by atoms with E-state index >= 15 is 0 Å². The Balaban J connectivity index is 1.54. The van der Waals surface area contributed by atoms with E-state index in [0.29, 0.717) is 12.5 Å². The van der Waals surface area contributed by atoms with Gasteiger partial charge in [-0.2, -0.15) is 0 Å². The van der Waals surface area contributed by atoms with Crippen molar-refractivity contribution < 1.29 is 9.90 Å². The number of rotatable bonds is 4. The molecule has 2 fully saturated rings. The SMILES string of the molecule is O=C(CCN1CC(O)C1)NC1CC1. The Morgan fingerprint density at radius 3 is 2.69 bits per heavy atom. The molecule has 13 heavy (non-hydrogen) atoms. The molecule has 2 rings (SSSR count). The molecule has 1 aliphatic heterocycles. The molecule has 2 N–H and O–H groups in total. The number of aliphatic hydroxyl groups is 1. The summed E-state index contributed by atoms with van der Waals surface area (Å²) in [4.78, 5) is 13.3. The number of carbonyl (C=O) groups excluding carboxylic acids is 1. The van der Waals surface area contributed by atoms with Crippen molar-refractivity contribution in [3.63, 3.8) is 0 Å². The van der Waals surface area contributed by atoms with Crippen LogP contribution in [-0.4, -0.2) is 47.7 Å². The Morgan fingerprint density at radius 2 is 2.15 bits per heavy atom. The van der Waals surface area contributed by atoms with Gasteiger partial charge in [0, 0.05) is 32.1 Å². The molecular weight excluding hydrogens is 168 g/mol. The third-order valence-electron chi connectivity index (χ3n) is 2.54. The van der Waals surface area contributed by atoms with Crippen LogP contribution < -0.4 is 5.32 Å². The molecule has 0 unspecified atom stereocenters. The van der Waals surface area contributed by atoms with Gasteiger partial charge in [0.25, 0.3) is 0 Å². The maximum absolute atomic E-state index is 11.2. The van der Waals surface area contributed by atoms with Crippen LogP contribution in [0.3, 0.4) is 0 Å². The van der Waals surface area contributed by atoms with E-state index in [4.69, 9.17) is 5.11 Å². The smallest absolute Gasteiger partial charge is 0.221 e. The number of hydrogen-bond donors (Lipinski definition) is 2. The highest BCUT2D eigenvalue weighted by atomic mass is 16.3. The summed E-state index contributed by atoms with van der Waals surface area (Å²) < 4.78 is 0. The van der Waals surface area contributed by atoms with Crippen LogP contribution >= 0.6 is 0 Å². The Labute approximate surface area is 77.9 Å². The topological polar surface area (TPSA) is 52.6 Å². The third-order valence-corrected chi connectivity index (χ3v) is 2.54. The number of amides is 1. The number of nitrogens with zero attached hydrogens (tertiary/aromatic N) is 1. The molecule has 0 aromatic heterocycles. The minimum atomic E-state index is -0.161. The Morgan fingerprint density at radius 1 is 1.46 bits per heavy atom. The molecule has 1 amide bonds. The van der Waals surface area contributed by atoms with E-state index in [1.807, 2.05) is 0 Å². The molecule has 0 spiro atoms. The van der Waals surface area contributed by atoms with Gasteiger partial charge in [0.15, 0.2) is 0 Å². The summed E-state index contributed by atoms with van der Waals surface area (Å²) in [5.41, 5.74) is 0. The summed E-state index contributed by atoms with van der Waals surface area (Å²) in [6, 6.07) is 0.467. The highest BCUT2D eigenvalue weighted by Crippen LogP contribution is 2.18. The van der Waals surface area contributed by atoms with Gasteiger partial charge >= 0.3 is 0 Å². The zero-order valence-corrected chi connectivity index (χ0v) is 7.70. The largest absolute Gasteiger partial charge is 0.390 e. The van der Waals surface area contributed by atoms with Gasteiger partial charge in [-0.15, -0.1) is 0 Å². The lowest BCUT2D eigenvalue weighted by atomic mass is 10.1. The first kappa shape index (κ1) is 8.97. The van der Waals surface area contributed by atoms with Crippen molar-refractivity contribution in [1.29, 1.82) is 0 Å². The molecule has 1 heterocycles. The first-order valence-electron chi connectivity index (χ1n) is 4.94. The summed E-state index contributed by atoms with van der Waals surface area (Å²) in [7, 11) is 0. The first-order valence-corrected chi connectivity index (χ1v) is 4.94.